The molecule has 16 heavy (non-hydrogen) atoms. The maximum atomic E-state index is 5.81. The van der Waals surface area contributed by atoms with Crippen LogP contribution in [0.2, 0.25) is 0 Å². The van der Waals surface area contributed by atoms with Gasteiger partial charge in [-0.3, -0.25) is 0 Å². The minimum Gasteiger partial charge on any atom is -0.369 e. The fraction of sp³-hybridized carbons (Fsp3) is 0.429. The van der Waals surface area contributed by atoms with Gasteiger partial charge in [-0.1, -0.05) is 43.7 Å². The molecule has 0 aromatic heterocycles. The molecule has 1 aliphatic heterocycles. The van der Waals surface area contributed by atoms with E-state index >= 15 is 0 Å². The van der Waals surface area contributed by atoms with Crippen LogP contribution in [0.4, 0.5) is 0 Å². The summed E-state index contributed by atoms with van der Waals surface area (Å²) in [4.78, 5) is 0. The zero-order valence-electron chi connectivity index (χ0n) is 9.58. The molecule has 1 heterocycles. The molecule has 2 heteroatoms. The first-order chi connectivity index (χ1) is 7.81. The summed E-state index contributed by atoms with van der Waals surface area (Å²) in [6.45, 7) is 3.03. The Labute approximate surface area is 111 Å². The van der Waals surface area contributed by atoms with Crippen LogP contribution in [0.5, 0.6) is 0 Å². The highest BCUT2D eigenvalue weighted by atomic mass is 127. The summed E-state index contributed by atoms with van der Waals surface area (Å²) in [7, 11) is 0. The minimum absolute atomic E-state index is 0.365. The summed E-state index contributed by atoms with van der Waals surface area (Å²) in [5.41, 5.74) is 2.85. The Morgan fingerprint density at radius 2 is 2.06 bits per heavy atom. The van der Waals surface area contributed by atoms with Crippen molar-refractivity contribution in [3.63, 3.8) is 0 Å². The van der Waals surface area contributed by atoms with E-state index < -0.39 is 0 Å². The van der Waals surface area contributed by atoms with Gasteiger partial charge in [-0.2, -0.15) is 0 Å². The zero-order chi connectivity index (χ0) is 11.4. The van der Waals surface area contributed by atoms with E-state index in [9.17, 15) is 0 Å². The SMILES string of the molecule is CCCC1OCC(Cc2ccccc2)=C1I. The van der Waals surface area contributed by atoms with Crippen LogP contribution >= 0.6 is 22.6 Å². The second-order valence-corrected chi connectivity index (χ2v) is 5.36. The number of hydrogen-bond donors (Lipinski definition) is 0. The van der Waals surface area contributed by atoms with Gasteiger partial charge in [0.2, 0.25) is 0 Å². The quantitative estimate of drug-likeness (QED) is 0.756. The molecule has 0 radical (unpaired) electrons. The van der Waals surface area contributed by atoms with E-state index in [0.717, 1.165) is 19.4 Å². The van der Waals surface area contributed by atoms with Crippen molar-refractivity contribution in [2.24, 2.45) is 0 Å². The fourth-order valence-corrected chi connectivity index (χ4v) is 2.86. The van der Waals surface area contributed by atoms with Gasteiger partial charge in [0.05, 0.1) is 12.7 Å². The number of benzene rings is 1. The molecule has 2 rings (SSSR count). The van der Waals surface area contributed by atoms with E-state index in [0.29, 0.717) is 6.10 Å². The lowest BCUT2D eigenvalue weighted by atomic mass is 10.0. The molecule has 0 aliphatic carbocycles. The van der Waals surface area contributed by atoms with Gasteiger partial charge in [0.1, 0.15) is 0 Å². The first kappa shape index (κ1) is 12.1. The Bertz CT molecular complexity index is 370. The second-order valence-electron chi connectivity index (χ2n) is 4.20. The molecule has 0 spiro atoms. The lowest BCUT2D eigenvalue weighted by Gasteiger charge is -2.07. The van der Waals surface area contributed by atoms with E-state index in [2.05, 4.69) is 59.8 Å². The molecule has 1 aromatic rings. The van der Waals surface area contributed by atoms with Crippen molar-refractivity contribution in [1.29, 1.82) is 0 Å². The first-order valence-corrected chi connectivity index (χ1v) is 6.92. The number of rotatable bonds is 4. The summed E-state index contributed by atoms with van der Waals surface area (Å²) < 4.78 is 7.24. The van der Waals surface area contributed by atoms with Gasteiger partial charge < -0.3 is 4.74 Å². The Morgan fingerprint density at radius 1 is 1.31 bits per heavy atom. The maximum absolute atomic E-state index is 5.81. The molecule has 0 amide bonds. The average Bonchev–Trinajstić information content (AvgIpc) is 2.64. The van der Waals surface area contributed by atoms with Gasteiger partial charge in [-0.15, -0.1) is 0 Å². The monoisotopic (exact) mass is 328 g/mol. The largest absolute Gasteiger partial charge is 0.369 e. The molecule has 0 N–H and O–H groups in total. The van der Waals surface area contributed by atoms with Crippen molar-refractivity contribution in [1.82, 2.24) is 0 Å². The van der Waals surface area contributed by atoms with Gasteiger partial charge in [-0.25, -0.2) is 0 Å². The van der Waals surface area contributed by atoms with Crippen LogP contribution in [0.1, 0.15) is 25.3 Å². The smallest absolute Gasteiger partial charge is 0.0886 e. The third-order valence-electron chi connectivity index (χ3n) is 2.89. The maximum Gasteiger partial charge on any atom is 0.0886 e. The van der Waals surface area contributed by atoms with Gasteiger partial charge in [0.15, 0.2) is 0 Å². The molecule has 0 fully saturated rings. The molecule has 1 atom stereocenters. The summed E-state index contributed by atoms with van der Waals surface area (Å²) in [6, 6.07) is 10.6. The number of halogens is 1. The van der Waals surface area contributed by atoms with E-state index in [1.54, 1.807) is 0 Å². The third kappa shape index (κ3) is 2.86. The van der Waals surface area contributed by atoms with Crippen molar-refractivity contribution >= 4 is 22.6 Å². The van der Waals surface area contributed by atoms with Crippen molar-refractivity contribution in [3.05, 3.63) is 45.0 Å². The van der Waals surface area contributed by atoms with Crippen molar-refractivity contribution in [2.75, 3.05) is 6.61 Å². The Morgan fingerprint density at radius 3 is 2.75 bits per heavy atom. The highest BCUT2D eigenvalue weighted by Crippen LogP contribution is 2.31. The predicted molar refractivity (Wildman–Crippen MR) is 75.8 cm³/mol. The van der Waals surface area contributed by atoms with Crippen LogP contribution in [0.15, 0.2) is 39.5 Å². The Balaban J connectivity index is 2.05. The van der Waals surface area contributed by atoms with Crippen LogP contribution in [0.25, 0.3) is 0 Å². The highest BCUT2D eigenvalue weighted by molar-refractivity contribution is 14.1. The molecule has 0 saturated carbocycles. The molecule has 0 bridgehead atoms. The molecule has 1 aliphatic rings. The average molecular weight is 328 g/mol. The summed E-state index contributed by atoms with van der Waals surface area (Å²) in [5.74, 6) is 0. The topological polar surface area (TPSA) is 9.23 Å². The fourth-order valence-electron chi connectivity index (χ4n) is 2.02. The summed E-state index contributed by atoms with van der Waals surface area (Å²) in [6.07, 6.45) is 3.75. The lowest BCUT2D eigenvalue weighted by Crippen LogP contribution is -2.05. The molecule has 0 saturated heterocycles. The Hall–Kier alpha value is -0.350. The van der Waals surface area contributed by atoms with Gasteiger partial charge >= 0.3 is 0 Å². The van der Waals surface area contributed by atoms with Crippen LogP contribution in [0.3, 0.4) is 0 Å². The summed E-state index contributed by atoms with van der Waals surface area (Å²) >= 11 is 2.46. The lowest BCUT2D eigenvalue weighted by molar-refractivity contribution is 0.117. The van der Waals surface area contributed by atoms with Gasteiger partial charge in [0.25, 0.3) is 0 Å². The van der Waals surface area contributed by atoms with E-state index in [1.807, 2.05) is 0 Å². The molecule has 1 aromatic carbocycles. The van der Waals surface area contributed by atoms with Gasteiger partial charge in [-0.05, 0) is 46.6 Å². The van der Waals surface area contributed by atoms with Crippen LogP contribution < -0.4 is 0 Å². The van der Waals surface area contributed by atoms with Crippen molar-refractivity contribution in [2.45, 2.75) is 32.3 Å². The van der Waals surface area contributed by atoms with E-state index in [1.165, 1.54) is 21.1 Å². The normalized spacial score (nSPS) is 20.5. The molecule has 1 unspecified atom stereocenters. The molecule has 1 nitrogen and oxygen atoms in total. The standard InChI is InChI=1S/C14H17IO/c1-2-6-13-14(15)12(10-16-13)9-11-7-4-3-5-8-11/h3-5,7-8,13H,2,6,9-10H2,1H3. The van der Waals surface area contributed by atoms with Gasteiger partial charge in [0, 0.05) is 3.58 Å². The van der Waals surface area contributed by atoms with Crippen molar-refractivity contribution in [3.8, 4) is 0 Å². The second kappa shape index (κ2) is 5.82. The molecular weight excluding hydrogens is 311 g/mol. The Kier molecular flexibility index (Phi) is 4.41. The van der Waals surface area contributed by atoms with E-state index in [-0.39, 0.29) is 0 Å². The van der Waals surface area contributed by atoms with Crippen LogP contribution in [-0.2, 0) is 11.2 Å². The van der Waals surface area contributed by atoms with Crippen molar-refractivity contribution < 1.29 is 4.74 Å². The number of ether oxygens (including phenoxy) is 1. The highest BCUT2D eigenvalue weighted by Gasteiger charge is 2.23. The van der Waals surface area contributed by atoms with Crippen LogP contribution in [0, 0.1) is 0 Å². The predicted octanol–water partition coefficient (Wildman–Crippen LogP) is 4.12. The molecular formula is C14H17IO. The number of hydrogen-bond acceptors (Lipinski definition) is 1. The molecule has 86 valence electrons. The van der Waals surface area contributed by atoms with Crippen LogP contribution in [-0.4, -0.2) is 12.7 Å². The minimum atomic E-state index is 0.365. The third-order valence-corrected chi connectivity index (χ3v) is 4.35. The summed E-state index contributed by atoms with van der Waals surface area (Å²) in [5, 5.41) is 0. The van der Waals surface area contributed by atoms with E-state index in [4.69, 9.17) is 4.74 Å². The zero-order valence-corrected chi connectivity index (χ0v) is 11.7. The first-order valence-electron chi connectivity index (χ1n) is 5.84.